The van der Waals surface area contributed by atoms with Crippen LogP contribution in [0.2, 0.25) is 5.28 Å². The quantitative estimate of drug-likeness (QED) is 0.853. The average molecular weight is 299 g/mol. The van der Waals surface area contributed by atoms with Gasteiger partial charge in [0.1, 0.15) is 5.82 Å². The third-order valence-electron chi connectivity index (χ3n) is 2.01. The molecule has 0 unspecified atom stereocenters. The first kappa shape index (κ1) is 11.4. The summed E-state index contributed by atoms with van der Waals surface area (Å²) in [6, 6.07) is 7.80. The second kappa shape index (κ2) is 4.80. The van der Waals surface area contributed by atoms with E-state index in [9.17, 15) is 0 Å². The largest absolute Gasteiger partial charge is 0.339 e. The summed E-state index contributed by atoms with van der Waals surface area (Å²) in [5.41, 5.74) is 2.14. The number of aromatic nitrogens is 2. The molecule has 2 rings (SSSR count). The van der Waals surface area contributed by atoms with E-state index in [1.54, 1.807) is 12.3 Å². The van der Waals surface area contributed by atoms with Crippen molar-refractivity contribution in [2.75, 3.05) is 5.32 Å². The zero-order valence-electron chi connectivity index (χ0n) is 8.54. The molecule has 1 aromatic carbocycles. The van der Waals surface area contributed by atoms with Crippen LogP contribution in [0.4, 0.5) is 11.5 Å². The number of hydrogen-bond acceptors (Lipinski definition) is 3. The second-order valence-electron chi connectivity index (χ2n) is 3.32. The molecule has 0 fully saturated rings. The number of nitrogens with zero attached hydrogens (tertiary/aromatic N) is 2. The summed E-state index contributed by atoms with van der Waals surface area (Å²) in [7, 11) is 0. The van der Waals surface area contributed by atoms with Gasteiger partial charge in [0.05, 0.1) is 5.69 Å². The van der Waals surface area contributed by atoms with Gasteiger partial charge in [0.15, 0.2) is 0 Å². The van der Waals surface area contributed by atoms with Gasteiger partial charge in [0.25, 0.3) is 0 Å². The highest BCUT2D eigenvalue weighted by molar-refractivity contribution is 9.10. The van der Waals surface area contributed by atoms with Crippen LogP contribution in [0.1, 0.15) is 5.56 Å². The van der Waals surface area contributed by atoms with Gasteiger partial charge in [-0.2, -0.15) is 0 Å². The van der Waals surface area contributed by atoms with E-state index in [4.69, 9.17) is 11.6 Å². The Morgan fingerprint density at radius 1 is 1.31 bits per heavy atom. The van der Waals surface area contributed by atoms with Gasteiger partial charge in [-0.3, -0.25) is 0 Å². The first-order chi connectivity index (χ1) is 7.65. The Morgan fingerprint density at radius 3 is 2.81 bits per heavy atom. The molecule has 2 aromatic rings. The summed E-state index contributed by atoms with van der Waals surface area (Å²) >= 11 is 9.19. The van der Waals surface area contributed by atoms with E-state index in [0.717, 1.165) is 10.2 Å². The first-order valence-corrected chi connectivity index (χ1v) is 5.84. The van der Waals surface area contributed by atoms with E-state index in [0.29, 0.717) is 5.82 Å². The van der Waals surface area contributed by atoms with Crippen LogP contribution in [-0.4, -0.2) is 9.97 Å². The molecule has 3 nitrogen and oxygen atoms in total. The Bertz CT molecular complexity index is 516. The van der Waals surface area contributed by atoms with Crippen molar-refractivity contribution >= 4 is 39.0 Å². The smallest absolute Gasteiger partial charge is 0.224 e. The predicted octanol–water partition coefficient (Wildman–Crippen LogP) is 3.94. The summed E-state index contributed by atoms with van der Waals surface area (Å²) in [6.07, 6.45) is 1.61. The fourth-order valence-electron chi connectivity index (χ4n) is 1.26. The number of halogens is 2. The molecule has 16 heavy (non-hydrogen) atoms. The fraction of sp³-hybridized carbons (Fsp3) is 0.0909. The molecule has 0 atom stereocenters. The number of benzene rings is 1. The molecule has 1 N–H and O–H groups in total. The number of hydrogen-bond donors (Lipinski definition) is 1. The third kappa shape index (κ3) is 2.71. The van der Waals surface area contributed by atoms with Crippen molar-refractivity contribution < 1.29 is 0 Å². The SMILES string of the molecule is Cc1ccc(Nc2ccnc(Cl)n2)c(Br)c1. The molecule has 0 aliphatic rings. The van der Waals surface area contributed by atoms with Crippen molar-refractivity contribution in [3.05, 3.63) is 45.8 Å². The highest BCUT2D eigenvalue weighted by atomic mass is 79.9. The van der Waals surface area contributed by atoms with Crippen molar-refractivity contribution in [1.82, 2.24) is 9.97 Å². The van der Waals surface area contributed by atoms with E-state index < -0.39 is 0 Å². The van der Waals surface area contributed by atoms with Gasteiger partial charge < -0.3 is 5.32 Å². The maximum Gasteiger partial charge on any atom is 0.224 e. The van der Waals surface area contributed by atoms with Gasteiger partial charge in [-0.05, 0) is 58.2 Å². The minimum Gasteiger partial charge on any atom is -0.339 e. The molecular formula is C11H9BrClN3. The average Bonchev–Trinajstić information content (AvgIpc) is 2.22. The minimum atomic E-state index is 0.230. The molecule has 5 heteroatoms. The van der Waals surface area contributed by atoms with E-state index in [1.807, 2.05) is 25.1 Å². The lowest BCUT2D eigenvalue weighted by Gasteiger charge is -2.08. The normalized spacial score (nSPS) is 10.2. The van der Waals surface area contributed by atoms with Crippen LogP contribution in [0.25, 0.3) is 0 Å². The van der Waals surface area contributed by atoms with E-state index in [-0.39, 0.29) is 5.28 Å². The topological polar surface area (TPSA) is 37.8 Å². The fourth-order valence-corrected chi connectivity index (χ4v) is 2.00. The molecule has 0 aliphatic heterocycles. The van der Waals surface area contributed by atoms with Gasteiger partial charge in [-0.15, -0.1) is 0 Å². The molecule has 0 amide bonds. The molecule has 0 bridgehead atoms. The Labute approximate surface area is 107 Å². The van der Waals surface area contributed by atoms with E-state index in [1.165, 1.54) is 5.56 Å². The van der Waals surface area contributed by atoms with Crippen molar-refractivity contribution in [3.8, 4) is 0 Å². The summed E-state index contributed by atoms with van der Waals surface area (Å²) in [5.74, 6) is 0.671. The molecular weight excluding hydrogens is 289 g/mol. The second-order valence-corrected chi connectivity index (χ2v) is 4.51. The Hall–Kier alpha value is -1.13. The monoisotopic (exact) mass is 297 g/mol. The Kier molecular flexibility index (Phi) is 3.41. The van der Waals surface area contributed by atoms with Gasteiger partial charge in [-0.25, -0.2) is 9.97 Å². The van der Waals surface area contributed by atoms with Crippen LogP contribution in [0.3, 0.4) is 0 Å². The molecule has 0 aliphatic carbocycles. The molecule has 0 saturated carbocycles. The van der Waals surface area contributed by atoms with Gasteiger partial charge in [-0.1, -0.05) is 6.07 Å². The van der Waals surface area contributed by atoms with Crippen LogP contribution in [0.5, 0.6) is 0 Å². The van der Waals surface area contributed by atoms with Gasteiger partial charge >= 0.3 is 0 Å². The molecule has 0 saturated heterocycles. The lowest BCUT2D eigenvalue weighted by atomic mass is 10.2. The van der Waals surface area contributed by atoms with E-state index in [2.05, 4.69) is 31.2 Å². The molecule has 1 heterocycles. The number of aryl methyl sites for hydroxylation is 1. The molecule has 82 valence electrons. The lowest BCUT2D eigenvalue weighted by molar-refractivity contribution is 1.17. The third-order valence-corrected chi connectivity index (χ3v) is 2.85. The van der Waals surface area contributed by atoms with Crippen LogP contribution in [0, 0.1) is 6.92 Å². The number of rotatable bonds is 2. The zero-order chi connectivity index (χ0) is 11.5. The van der Waals surface area contributed by atoms with Crippen molar-refractivity contribution in [3.63, 3.8) is 0 Å². The van der Waals surface area contributed by atoms with Crippen molar-refractivity contribution in [2.24, 2.45) is 0 Å². The van der Waals surface area contributed by atoms with Gasteiger partial charge in [0, 0.05) is 10.7 Å². The van der Waals surface area contributed by atoms with Crippen LogP contribution < -0.4 is 5.32 Å². The summed E-state index contributed by atoms with van der Waals surface area (Å²) in [4.78, 5) is 7.87. The highest BCUT2D eigenvalue weighted by Crippen LogP contribution is 2.26. The summed E-state index contributed by atoms with van der Waals surface area (Å²) < 4.78 is 0.988. The Morgan fingerprint density at radius 2 is 2.12 bits per heavy atom. The maximum absolute atomic E-state index is 5.70. The Balaban J connectivity index is 2.27. The van der Waals surface area contributed by atoms with E-state index >= 15 is 0 Å². The molecule has 0 radical (unpaired) electrons. The zero-order valence-corrected chi connectivity index (χ0v) is 10.9. The number of anilines is 2. The standard InChI is InChI=1S/C11H9BrClN3/c1-7-2-3-9(8(12)6-7)15-10-4-5-14-11(13)16-10/h2-6H,1H3,(H,14,15,16). The number of nitrogens with one attached hydrogen (secondary N) is 1. The minimum absolute atomic E-state index is 0.230. The summed E-state index contributed by atoms with van der Waals surface area (Å²) in [5, 5.41) is 3.39. The predicted molar refractivity (Wildman–Crippen MR) is 69.2 cm³/mol. The van der Waals surface area contributed by atoms with Crippen LogP contribution in [-0.2, 0) is 0 Å². The molecule has 0 spiro atoms. The lowest BCUT2D eigenvalue weighted by Crippen LogP contribution is -1.95. The summed E-state index contributed by atoms with van der Waals surface area (Å²) in [6.45, 7) is 2.04. The maximum atomic E-state index is 5.70. The van der Waals surface area contributed by atoms with Crippen LogP contribution >= 0.6 is 27.5 Å². The van der Waals surface area contributed by atoms with Crippen molar-refractivity contribution in [1.29, 1.82) is 0 Å². The van der Waals surface area contributed by atoms with Crippen LogP contribution in [0.15, 0.2) is 34.9 Å². The highest BCUT2D eigenvalue weighted by Gasteiger charge is 2.02. The van der Waals surface area contributed by atoms with Crippen molar-refractivity contribution in [2.45, 2.75) is 6.92 Å². The van der Waals surface area contributed by atoms with Gasteiger partial charge in [0.2, 0.25) is 5.28 Å². The first-order valence-electron chi connectivity index (χ1n) is 4.67. The molecule has 1 aromatic heterocycles.